The Kier molecular flexibility index (Phi) is 8.24. The zero-order valence-electron chi connectivity index (χ0n) is 19.6. The minimum Gasteiger partial charge on any atom is -0.464 e. The van der Waals surface area contributed by atoms with Gasteiger partial charge in [0.05, 0.1) is 13.2 Å². The maximum absolute atomic E-state index is 12.7. The van der Waals surface area contributed by atoms with Crippen LogP contribution in [-0.2, 0) is 22.6 Å². The number of benzene rings is 2. The third-order valence-corrected chi connectivity index (χ3v) is 5.34. The number of hydrogen-bond donors (Lipinski definition) is 1. The van der Waals surface area contributed by atoms with E-state index in [-0.39, 0.29) is 18.2 Å². The lowest BCUT2D eigenvalue weighted by Crippen LogP contribution is -2.32. The van der Waals surface area contributed by atoms with Gasteiger partial charge >= 0.3 is 12.1 Å². The minimum atomic E-state index is -0.531. The third-order valence-electron chi connectivity index (χ3n) is 5.34. The van der Waals surface area contributed by atoms with E-state index in [0.717, 1.165) is 11.1 Å². The molecule has 3 aromatic rings. The number of carbonyl (C=O) groups is 2. The average Bonchev–Trinajstić information content (AvgIpc) is 3.14. The largest absolute Gasteiger partial charge is 0.464 e. The Morgan fingerprint density at radius 1 is 1.00 bits per heavy atom. The molecule has 0 saturated heterocycles. The van der Waals surface area contributed by atoms with E-state index in [1.54, 1.807) is 0 Å². The van der Waals surface area contributed by atoms with Crippen LogP contribution >= 0.6 is 0 Å². The molecule has 2 aromatic carbocycles. The van der Waals surface area contributed by atoms with E-state index in [9.17, 15) is 9.59 Å². The van der Waals surface area contributed by atoms with Crippen molar-refractivity contribution in [2.75, 3.05) is 7.11 Å². The minimum absolute atomic E-state index is 0.173. The molecule has 33 heavy (non-hydrogen) atoms. The van der Waals surface area contributed by atoms with Crippen molar-refractivity contribution < 1.29 is 19.1 Å². The van der Waals surface area contributed by atoms with Gasteiger partial charge in [0.1, 0.15) is 12.4 Å². The fourth-order valence-electron chi connectivity index (χ4n) is 3.68. The molecule has 7 nitrogen and oxygen atoms in total. The molecule has 1 amide bonds. The van der Waals surface area contributed by atoms with Gasteiger partial charge in [-0.3, -0.25) is 0 Å². The highest BCUT2D eigenvalue weighted by molar-refractivity contribution is 5.88. The van der Waals surface area contributed by atoms with E-state index in [0.29, 0.717) is 24.5 Å². The lowest BCUT2D eigenvalue weighted by Gasteiger charge is -2.22. The zero-order valence-corrected chi connectivity index (χ0v) is 19.6. The highest BCUT2D eigenvalue weighted by Crippen LogP contribution is 2.25. The second kappa shape index (κ2) is 11.3. The number of aromatic nitrogens is 2. The van der Waals surface area contributed by atoms with Crippen LogP contribution < -0.4 is 5.32 Å². The predicted molar refractivity (Wildman–Crippen MR) is 126 cm³/mol. The van der Waals surface area contributed by atoms with Crippen LogP contribution in [0, 0.1) is 12.8 Å². The number of imidazole rings is 1. The first kappa shape index (κ1) is 24.0. The van der Waals surface area contributed by atoms with Crippen molar-refractivity contribution in [3.05, 3.63) is 89.0 Å². The molecule has 1 N–H and O–H groups in total. The fraction of sp³-hybridized carbons (Fsp3) is 0.346. The molecule has 0 radical (unpaired) electrons. The standard InChI is InChI=1S/C26H31N3O4/c1-18(2)15-22(27-26(31)33-17-21-13-9-6-10-14-21)24-28-23(25(30)32-4)19(3)29(24)16-20-11-7-5-8-12-20/h5-14,18,22H,15-17H2,1-4H3,(H,27,31). The average molecular weight is 450 g/mol. The molecule has 1 unspecified atom stereocenters. The fourth-order valence-corrected chi connectivity index (χ4v) is 3.68. The highest BCUT2D eigenvalue weighted by Gasteiger charge is 2.27. The van der Waals surface area contributed by atoms with Crippen molar-refractivity contribution in [2.45, 2.75) is 46.4 Å². The first-order valence-corrected chi connectivity index (χ1v) is 11.1. The molecule has 0 saturated carbocycles. The lowest BCUT2D eigenvalue weighted by atomic mass is 10.0. The molecule has 1 heterocycles. The molecule has 0 aliphatic carbocycles. The summed E-state index contributed by atoms with van der Waals surface area (Å²) in [5.74, 6) is 0.366. The number of nitrogens with one attached hydrogen (secondary N) is 1. The summed E-state index contributed by atoms with van der Waals surface area (Å²) in [6.45, 7) is 6.67. The number of alkyl carbamates (subject to hydrolysis) is 1. The highest BCUT2D eigenvalue weighted by atomic mass is 16.5. The zero-order chi connectivity index (χ0) is 23.8. The quantitative estimate of drug-likeness (QED) is 0.463. The Balaban J connectivity index is 1.89. The van der Waals surface area contributed by atoms with Crippen molar-refractivity contribution in [1.82, 2.24) is 14.9 Å². The van der Waals surface area contributed by atoms with Gasteiger partial charge in [0, 0.05) is 12.2 Å². The molecule has 0 aliphatic rings. The van der Waals surface area contributed by atoms with Gasteiger partial charge in [-0.15, -0.1) is 0 Å². The van der Waals surface area contributed by atoms with Crippen molar-refractivity contribution >= 4 is 12.1 Å². The molecule has 0 bridgehead atoms. The van der Waals surface area contributed by atoms with Gasteiger partial charge in [0.15, 0.2) is 5.69 Å². The summed E-state index contributed by atoms with van der Waals surface area (Å²) in [7, 11) is 1.34. The topological polar surface area (TPSA) is 82.4 Å². The first-order valence-electron chi connectivity index (χ1n) is 11.1. The molecule has 3 rings (SSSR count). The molecule has 0 spiro atoms. The Labute approximate surface area is 194 Å². The second-order valence-corrected chi connectivity index (χ2v) is 8.36. The van der Waals surface area contributed by atoms with Gasteiger partial charge in [0.2, 0.25) is 0 Å². The molecule has 0 aliphatic heterocycles. The molecule has 7 heteroatoms. The monoisotopic (exact) mass is 449 g/mol. The maximum atomic E-state index is 12.7. The van der Waals surface area contributed by atoms with Gasteiger partial charge in [0.25, 0.3) is 0 Å². The van der Waals surface area contributed by atoms with Crippen LogP contribution in [0.5, 0.6) is 0 Å². The van der Waals surface area contributed by atoms with Crippen LogP contribution in [-0.4, -0.2) is 28.7 Å². The van der Waals surface area contributed by atoms with Gasteiger partial charge in [-0.1, -0.05) is 74.5 Å². The maximum Gasteiger partial charge on any atom is 0.408 e. The van der Waals surface area contributed by atoms with E-state index in [4.69, 9.17) is 9.47 Å². The van der Waals surface area contributed by atoms with Crippen molar-refractivity contribution in [3.63, 3.8) is 0 Å². The van der Waals surface area contributed by atoms with Gasteiger partial charge < -0.3 is 19.4 Å². The summed E-state index contributed by atoms with van der Waals surface area (Å²) in [4.78, 5) is 29.7. The van der Waals surface area contributed by atoms with Crippen LogP contribution in [0.3, 0.4) is 0 Å². The second-order valence-electron chi connectivity index (χ2n) is 8.36. The SMILES string of the molecule is COC(=O)c1nc(C(CC(C)C)NC(=O)OCc2ccccc2)n(Cc2ccccc2)c1C. The Morgan fingerprint density at radius 2 is 1.61 bits per heavy atom. The van der Waals surface area contributed by atoms with E-state index in [1.807, 2.05) is 72.2 Å². The van der Waals surface area contributed by atoms with Crippen LogP contribution in [0.1, 0.15) is 59.4 Å². The number of hydrogen-bond acceptors (Lipinski definition) is 5. The van der Waals surface area contributed by atoms with Crippen LogP contribution in [0.4, 0.5) is 4.79 Å². The summed E-state index contributed by atoms with van der Waals surface area (Å²) in [6.07, 6.45) is 0.0998. The van der Waals surface area contributed by atoms with Crippen LogP contribution in [0.15, 0.2) is 60.7 Å². The van der Waals surface area contributed by atoms with E-state index in [2.05, 4.69) is 24.1 Å². The molecular formula is C26H31N3O4. The van der Waals surface area contributed by atoms with Crippen LogP contribution in [0.25, 0.3) is 0 Å². The summed E-state index contributed by atoms with van der Waals surface area (Å²) >= 11 is 0. The summed E-state index contributed by atoms with van der Waals surface area (Å²) in [5.41, 5.74) is 2.90. The molecular weight excluding hydrogens is 418 g/mol. The smallest absolute Gasteiger partial charge is 0.408 e. The summed E-state index contributed by atoms with van der Waals surface area (Å²) in [6, 6.07) is 19.0. The summed E-state index contributed by atoms with van der Waals surface area (Å²) < 4.78 is 12.3. The number of rotatable bonds is 9. The predicted octanol–water partition coefficient (Wildman–Crippen LogP) is 5.04. The Hall–Kier alpha value is -3.61. The van der Waals surface area contributed by atoms with Gasteiger partial charge in [-0.05, 0) is 30.4 Å². The number of carbonyl (C=O) groups excluding carboxylic acids is 2. The van der Waals surface area contributed by atoms with Crippen LogP contribution in [0.2, 0.25) is 0 Å². The summed E-state index contributed by atoms with van der Waals surface area (Å²) in [5, 5.41) is 2.96. The van der Waals surface area contributed by atoms with Crippen molar-refractivity contribution in [1.29, 1.82) is 0 Å². The van der Waals surface area contributed by atoms with Crippen molar-refractivity contribution in [2.24, 2.45) is 5.92 Å². The third kappa shape index (κ3) is 6.44. The molecule has 1 atom stereocenters. The number of ether oxygens (including phenoxy) is 2. The molecule has 1 aromatic heterocycles. The van der Waals surface area contributed by atoms with Crippen molar-refractivity contribution in [3.8, 4) is 0 Å². The molecule has 174 valence electrons. The van der Waals surface area contributed by atoms with E-state index < -0.39 is 18.1 Å². The first-order chi connectivity index (χ1) is 15.9. The Morgan fingerprint density at radius 3 is 2.18 bits per heavy atom. The number of esters is 1. The molecule has 0 fully saturated rings. The Bertz CT molecular complexity index is 1060. The lowest BCUT2D eigenvalue weighted by molar-refractivity contribution is 0.0593. The number of amides is 1. The van der Waals surface area contributed by atoms with E-state index >= 15 is 0 Å². The normalized spacial score (nSPS) is 11.8. The van der Waals surface area contributed by atoms with Gasteiger partial charge in [-0.25, -0.2) is 14.6 Å². The van der Waals surface area contributed by atoms with E-state index in [1.165, 1.54) is 7.11 Å². The van der Waals surface area contributed by atoms with Gasteiger partial charge in [-0.2, -0.15) is 0 Å². The number of nitrogens with zero attached hydrogens (tertiary/aromatic N) is 2. The number of methoxy groups -OCH3 is 1.